The van der Waals surface area contributed by atoms with Gasteiger partial charge in [-0.05, 0) is 11.6 Å². The minimum absolute atomic E-state index is 0.0836. The number of nitrogens with two attached hydrogens (primary N) is 1. The maximum atomic E-state index is 13.8. The van der Waals surface area contributed by atoms with Crippen molar-refractivity contribution in [1.29, 1.82) is 0 Å². The van der Waals surface area contributed by atoms with Crippen LogP contribution in [0.5, 0.6) is 0 Å². The second-order valence-electron chi connectivity index (χ2n) is 4.66. The molecule has 4 nitrogen and oxygen atoms in total. The fourth-order valence-electron chi connectivity index (χ4n) is 2.03. The van der Waals surface area contributed by atoms with Crippen LogP contribution < -0.4 is 5.73 Å². The minimum Gasteiger partial charge on any atom is -0.343 e. The van der Waals surface area contributed by atoms with Gasteiger partial charge in [-0.2, -0.15) is 0 Å². The molecule has 1 heterocycles. The molecule has 0 saturated carbocycles. The van der Waals surface area contributed by atoms with Crippen molar-refractivity contribution in [2.45, 2.75) is 13.1 Å². The van der Waals surface area contributed by atoms with Crippen LogP contribution >= 0.6 is 0 Å². The lowest BCUT2D eigenvalue weighted by Crippen LogP contribution is -2.48. The fraction of sp³-hybridized carbons (Fsp3) is 0.462. The van der Waals surface area contributed by atoms with Gasteiger partial charge in [0.05, 0.1) is 6.54 Å². The molecular formula is C13H18FN3O. The van der Waals surface area contributed by atoms with Crippen LogP contribution in [0.4, 0.5) is 4.39 Å². The van der Waals surface area contributed by atoms with Gasteiger partial charge in [0.15, 0.2) is 0 Å². The molecule has 0 aliphatic carbocycles. The molecule has 0 atom stereocenters. The second kappa shape index (κ2) is 5.46. The second-order valence-corrected chi connectivity index (χ2v) is 4.66. The predicted octanol–water partition coefficient (Wildman–Crippen LogP) is 0.558. The Morgan fingerprint density at radius 1 is 1.39 bits per heavy atom. The van der Waals surface area contributed by atoms with E-state index in [1.165, 1.54) is 6.07 Å². The Labute approximate surface area is 106 Å². The van der Waals surface area contributed by atoms with Crippen molar-refractivity contribution < 1.29 is 9.18 Å². The number of halogens is 1. The van der Waals surface area contributed by atoms with Crippen LogP contribution in [0.15, 0.2) is 18.2 Å². The zero-order valence-corrected chi connectivity index (χ0v) is 10.5. The quantitative estimate of drug-likeness (QED) is 0.854. The molecule has 1 aromatic rings. The maximum Gasteiger partial charge on any atom is 0.236 e. The van der Waals surface area contributed by atoms with E-state index in [0.717, 1.165) is 12.1 Å². The molecule has 1 aromatic carbocycles. The number of amides is 1. The summed E-state index contributed by atoms with van der Waals surface area (Å²) in [7, 11) is 1.79. The highest BCUT2D eigenvalue weighted by Gasteiger charge is 2.21. The maximum absolute atomic E-state index is 13.8. The van der Waals surface area contributed by atoms with Crippen LogP contribution in [0, 0.1) is 5.82 Å². The predicted molar refractivity (Wildman–Crippen MR) is 67.2 cm³/mol. The molecule has 0 bridgehead atoms. The molecule has 1 saturated heterocycles. The first kappa shape index (κ1) is 13.0. The Balaban J connectivity index is 2.03. The van der Waals surface area contributed by atoms with Gasteiger partial charge in [-0.3, -0.25) is 9.69 Å². The largest absolute Gasteiger partial charge is 0.343 e. The third-order valence-electron chi connectivity index (χ3n) is 3.28. The Kier molecular flexibility index (Phi) is 3.93. The van der Waals surface area contributed by atoms with Gasteiger partial charge in [0, 0.05) is 38.8 Å². The number of nitrogens with zero attached hydrogens (tertiary/aromatic N) is 2. The number of benzene rings is 1. The number of rotatable bonds is 3. The van der Waals surface area contributed by atoms with Crippen molar-refractivity contribution in [1.82, 2.24) is 9.80 Å². The normalized spacial score (nSPS) is 17.3. The Hall–Kier alpha value is -1.46. The van der Waals surface area contributed by atoms with Gasteiger partial charge in [0.2, 0.25) is 5.91 Å². The summed E-state index contributed by atoms with van der Waals surface area (Å²) in [6, 6.07) is 5.05. The molecule has 0 spiro atoms. The van der Waals surface area contributed by atoms with E-state index in [1.807, 2.05) is 11.0 Å². The van der Waals surface area contributed by atoms with Gasteiger partial charge < -0.3 is 10.6 Å². The number of hydrogen-bond acceptors (Lipinski definition) is 3. The number of piperazine rings is 1. The van der Waals surface area contributed by atoms with Gasteiger partial charge in [-0.1, -0.05) is 12.1 Å². The molecule has 1 aliphatic heterocycles. The van der Waals surface area contributed by atoms with E-state index in [0.29, 0.717) is 31.7 Å². The summed E-state index contributed by atoms with van der Waals surface area (Å²) in [6.45, 7) is 2.64. The average Bonchev–Trinajstić information content (AvgIpc) is 2.36. The lowest BCUT2D eigenvalue weighted by molar-refractivity contribution is -0.134. The van der Waals surface area contributed by atoms with E-state index in [1.54, 1.807) is 18.0 Å². The molecule has 0 unspecified atom stereocenters. The highest BCUT2D eigenvalue weighted by Crippen LogP contribution is 2.14. The zero-order chi connectivity index (χ0) is 13.1. The summed E-state index contributed by atoms with van der Waals surface area (Å²) in [4.78, 5) is 15.2. The summed E-state index contributed by atoms with van der Waals surface area (Å²) in [6.07, 6.45) is 0. The van der Waals surface area contributed by atoms with Crippen LogP contribution in [-0.4, -0.2) is 42.4 Å². The molecule has 1 aliphatic rings. The summed E-state index contributed by atoms with van der Waals surface area (Å²) in [5.41, 5.74) is 6.86. The third kappa shape index (κ3) is 2.86. The van der Waals surface area contributed by atoms with E-state index in [4.69, 9.17) is 5.73 Å². The van der Waals surface area contributed by atoms with Crippen molar-refractivity contribution >= 4 is 5.91 Å². The van der Waals surface area contributed by atoms with Crippen molar-refractivity contribution in [3.05, 3.63) is 35.1 Å². The highest BCUT2D eigenvalue weighted by molar-refractivity contribution is 5.78. The molecule has 98 valence electrons. The molecule has 2 N–H and O–H groups in total. The number of likely N-dealkylation sites (N-methyl/N-ethyl adjacent to an activating group) is 1. The van der Waals surface area contributed by atoms with Crippen LogP contribution in [0.2, 0.25) is 0 Å². The molecule has 0 radical (unpaired) electrons. The molecule has 0 aromatic heterocycles. The zero-order valence-electron chi connectivity index (χ0n) is 10.5. The summed E-state index contributed by atoms with van der Waals surface area (Å²) in [5.74, 6) is -0.162. The average molecular weight is 251 g/mol. The molecule has 1 amide bonds. The van der Waals surface area contributed by atoms with Gasteiger partial charge in [-0.25, -0.2) is 4.39 Å². The van der Waals surface area contributed by atoms with Crippen LogP contribution in [0.3, 0.4) is 0 Å². The molecular weight excluding hydrogens is 233 g/mol. The number of carbonyl (C=O) groups excluding carboxylic acids is 1. The first-order valence-electron chi connectivity index (χ1n) is 6.04. The first-order valence-corrected chi connectivity index (χ1v) is 6.04. The van der Waals surface area contributed by atoms with E-state index >= 15 is 0 Å². The molecule has 2 rings (SSSR count). The molecule has 18 heavy (non-hydrogen) atoms. The van der Waals surface area contributed by atoms with Crippen molar-refractivity contribution in [2.75, 3.05) is 26.7 Å². The van der Waals surface area contributed by atoms with Gasteiger partial charge in [0.1, 0.15) is 5.82 Å². The third-order valence-corrected chi connectivity index (χ3v) is 3.28. The molecule has 1 fully saturated rings. The Morgan fingerprint density at radius 2 is 2.17 bits per heavy atom. The molecule has 5 heteroatoms. The monoisotopic (exact) mass is 251 g/mol. The van der Waals surface area contributed by atoms with E-state index in [-0.39, 0.29) is 11.7 Å². The topological polar surface area (TPSA) is 49.6 Å². The number of carbonyl (C=O) groups is 1. The highest BCUT2D eigenvalue weighted by atomic mass is 19.1. The lowest BCUT2D eigenvalue weighted by atomic mass is 10.1. The number of hydrogen-bond donors (Lipinski definition) is 1. The summed E-state index contributed by atoms with van der Waals surface area (Å²) >= 11 is 0. The van der Waals surface area contributed by atoms with E-state index in [9.17, 15) is 9.18 Å². The summed E-state index contributed by atoms with van der Waals surface area (Å²) < 4.78 is 13.8. The van der Waals surface area contributed by atoms with E-state index in [2.05, 4.69) is 0 Å². The van der Waals surface area contributed by atoms with Crippen molar-refractivity contribution in [2.24, 2.45) is 5.73 Å². The minimum atomic E-state index is -0.246. The van der Waals surface area contributed by atoms with Gasteiger partial charge in [0.25, 0.3) is 0 Å². The fourth-order valence-corrected chi connectivity index (χ4v) is 2.03. The Morgan fingerprint density at radius 3 is 2.78 bits per heavy atom. The smallest absolute Gasteiger partial charge is 0.236 e. The van der Waals surface area contributed by atoms with Crippen LogP contribution in [0.25, 0.3) is 0 Å². The van der Waals surface area contributed by atoms with Gasteiger partial charge in [-0.15, -0.1) is 0 Å². The lowest BCUT2D eigenvalue weighted by Gasteiger charge is -2.32. The Bertz CT molecular complexity index is 450. The van der Waals surface area contributed by atoms with Crippen molar-refractivity contribution in [3.8, 4) is 0 Å². The van der Waals surface area contributed by atoms with Crippen LogP contribution in [0.1, 0.15) is 11.1 Å². The standard InChI is InChI=1S/C13H18FN3O/c1-16-4-5-17(9-13(16)18)8-11-3-2-10(7-15)6-12(11)14/h2-3,6H,4-5,7-9,15H2,1H3. The van der Waals surface area contributed by atoms with E-state index < -0.39 is 0 Å². The van der Waals surface area contributed by atoms with Gasteiger partial charge >= 0.3 is 0 Å². The van der Waals surface area contributed by atoms with Crippen molar-refractivity contribution in [3.63, 3.8) is 0 Å². The summed E-state index contributed by atoms with van der Waals surface area (Å²) in [5, 5.41) is 0. The van der Waals surface area contributed by atoms with Crippen LogP contribution in [-0.2, 0) is 17.9 Å². The first-order chi connectivity index (χ1) is 8.60. The SMILES string of the molecule is CN1CCN(Cc2ccc(CN)cc2F)CC1=O.